The summed E-state index contributed by atoms with van der Waals surface area (Å²) >= 11 is 0. The highest BCUT2D eigenvalue weighted by molar-refractivity contribution is 5.72. The number of ether oxygens (including phenoxy) is 3. The molecule has 44 heavy (non-hydrogen) atoms. The molecule has 1 N–H and O–H groups in total. The number of allylic oxidation sites excluding steroid dienone is 2. The average molecular weight is 627 g/mol. The fraction of sp³-hybridized carbons (Fsp3) is 0.861. The van der Waals surface area contributed by atoms with Crippen molar-refractivity contribution in [2.75, 3.05) is 41.0 Å². The first-order valence-corrected chi connectivity index (χ1v) is 17.7. The smallest absolute Gasteiger partial charge is 0.362 e. The Morgan fingerprint density at radius 3 is 1.66 bits per heavy atom. The van der Waals surface area contributed by atoms with Gasteiger partial charge in [-0.2, -0.15) is 0 Å². The summed E-state index contributed by atoms with van der Waals surface area (Å²) in [6, 6.07) is -0.608. The van der Waals surface area contributed by atoms with Gasteiger partial charge in [0, 0.05) is 19.3 Å². The largest absolute Gasteiger partial charge is 0.477 e. The van der Waals surface area contributed by atoms with E-state index < -0.39 is 18.1 Å². The van der Waals surface area contributed by atoms with Gasteiger partial charge in [-0.15, -0.1) is 0 Å². The summed E-state index contributed by atoms with van der Waals surface area (Å²) in [4.78, 5) is 36.3. The van der Waals surface area contributed by atoms with Crippen LogP contribution in [0.1, 0.15) is 149 Å². The molecule has 0 aliphatic heterocycles. The molecular formula is C36H68NO7+. The second kappa shape index (κ2) is 28.5. The Morgan fingerprint density at radius 1 is 0.659 bits per heavy atom. The standard InChI is InChI=1S/C36H67NO7/c1-6-8-10-12-13-14-15-16-17-18-19-20-21-22-23-25-27-35(39)44-32(31-43-34(38)26-24-11-9-7-2)30-42-29-28-33(36(40)41)37(3,4)5/h17-18,32-33H,6-16,19-31H2,1-5H3/p+1/b18-17-. The van der Waals surface area contributed by atoms with Crippen molar-refractivity contribution in [3.63, 3.8) is 0 Å². The zero-order valence-electron chi connectivity index (χ0n) is 29.1. The van der Waals surface area contributed by atoms with Gasteiger partial charge in [0.05, 0.1) is 34.4 Å². The van der Waals surface area contributed by atoms with E-state index in [0.717, 1.165) is 57.8 Å². The fourth-order valence-corrected chi connectivity index (χ4v) is 5.08. The third kappa shape index (κ3) is 26.5. The minimum atomic E-state index is -0.878. The Hall–Kier alpha value is -1.93. The molecule has 0 radical (unpaired) electrons. The quantitative estimate of drug-likeness (QED) is 0.0357. The molecule has 0 bridgehead atoms. The number of carboxylic acid groups (broad SMARTS) is 1. The molecule has 0 aliphatic carbocycles. The third-order valence-corrected chi connectivity index (χ3v) is 7.91. The summed E-state index contributed by atoms with van der Waals surface area (Å²) < 4.78 is 17.0. The van der Waals surface area contributed by atoms with Gasteiger partial charge in [0.1, 0.15) is 6.61 Å². The lowest BCUT2D eigenvalue weighted by atomic mass is 10.1. The van der Waals surface area contributed by atoms with Crippen molar-refractivity contribution in [3.05, 3.63) is 12.2 Å². The molecule has 0 aromatic rings. The summed E-state index contributed by atoms with van der Waals surface area (Å²) in [5, 5.41) is 9.52. The average Bonchev–Trinajstić information content (AvgIpc) is 2.96. The van der Waals surface area contributed by atoms with Crippen LogP contribution in [0.4, 0.5) is 0 Å². The first-order chi connectivity index (χ1) is 21.1. The van der Waals surface area contributed by atoms with E-state index in [-0.39, 0.29) is 36.2 Å². The van der Waals surface area contributed by atoms with Gasteiger partial charge in [-0.3, -0.25) is 9.59 Å². The number of hydrogen-bond acceptors (Lipinski definition) is 6. The van der Waals surface area contributed by atoms with Crippen LogP contribution in [-0.2, 0) is 28.6 Å². The Morgan fingerprint density at radius 2 is 1.14 bits per heavy atom. The van der Waals surface area contributed by atoms with Crippen LogP contribution in [0.3, 0.4) is 0 Å². The van der Waals surface area contributed by atoms with Gasteiger partial charge in [-0.05, 0) is 38.5 Å². The van der Waals surface area contributed by atoms with E-state index in [0.29, 0.717) is 19.3 Å². The summed E-state index contributed by atoms with van der Waals surface area (Å²) in [5.41, 5.74) is 0. The zero-order valence-corrected chi connectivity index (χ0v) is 29.1. The summed E-state index contributed by atoms with van der Waals surface area (Å²) in [6.45, 7) is 4.59. The molecule has 8 nitrogen and oxygen atoms in total. The number of esters is 2. The van der Waals surface area contributed by atoms with Crippen LogP contribution in [0.15, 0.2) is 12.2 Å². The van der Waals surface area contributed by atoms with E-state index in [2.05, 4.69) is 26.0 Å². The number of quaternary nitrogens is 1. The first-order valence-electron chi connectivity index (χ1n) is 17.7. The molecule has 0 saturated heterocycles. The predicted octanol–water partition coefficient (Wildman–Crippen LogP) is 8.41. The maximum Gasteiger partial charge on any atom is 0.362 e. The van der Waals surface area contributed by atoms with E-state index in [9.17, 15) is 19.5 Å². The topological polar surface area (TPSA) is 99.1 Å². The highest BCUT2D eigenvalue weighted by Crippen LogP contribution is 2.13. The van der Waals surface area contributed by atoms with Crippen molar-refractivity contribution in [3.8, 4) is 0 Å². The second-order valence-electron chi connectivity index (χ2n) is 13.1. The van der Waals surface area contributed by atoms with Gasteiger partial charge < -0.3 is 23.8 Å². The fourth-order valence-electron chi connectivity index (χ4n) is 5.08. The van der Waals surface area contributed by atoms with Crippen molar-refractivity contribution in [1.29, 1.82) is 0 Å². The van der Waals surface area contributed by atoms with Gasteiger partial charge in [0.15, 0.2) is 12.1 Å². The highest BCUT2D eigenvalue weighted by Gasteiger charge is 2.31. The Balaban J connectivity index is 4.29. The lowest BCUT2D eigenvalue weighted by molar-refractivity contribution is -0.887. The van der Waals surface area contributed by atoms with Crippen molar-refractivity contribution < 1.29 is 38.2 Å². The Labute approximate surface area is 269 Å². The molecule has 0 aliphatic rings. The predicted molar refractivity (Wildman–Crippen MR) is 179 cm³/mol. The number of aliphatic carboxylic acids is 1. The molecule has 2 atom stereocenters. The lowest BCUT2D eigenvalue weighted by Crippen LogP contribution is -2.50. The number of carbonyl (C=O) groups is 3. The van der Waals surface area contributed by atoms with Crippen molar-refractivity contribution in [1.82, 2.24) is 0 Å². The second-order valence-corrected chi connectivity index (χ2v) is 13.1. The summed E-state index contributed by atoms with van der Waals surface area (Å²) in [6.07, 6.45) is 25.8. The van der Waals surface area contributed by atoms with E-state index >= 15 is 0 Å². The number of carbonyl (C=O) groups excluding carboxylic acids is 2. The van der Waals surface area contributed by atoms with Crippen molar-refractivity contribution >= 4 is 17.9 Å². The van der Waals surface area contributed by atoms with E-state index in [1.54, 1.807) is 0 Å². The number of nitrogens with zero attached hydrogens (tertiary/aromatic N) is 1. The molecule has 258 valence electrons. The number of unbranched alkanes of at least 4 members (excludes halogenated alkanes) is 15. The normalized spacial score (nSPS) is 13.2. The monoisotopic (exact) mass is 626 g/mol. The molecule has 0 amide bonds. The molecule has 0 spiro atoms. The zero-order chi connectivity index (χ0) is 32.9. The minimum absolute atomic E-state index is 0.0531. The number of hydrogen-bond donors (Lipinski definition) is 1. The molecule has 0 aromatic carbocycles. The number of carboxylic acids is 1. The molecule has 8 heteroatoms. The van der Waals surface area contributed by atoms with Gasteiger partial charge in [0.25, 0.3) is 0 Å². The van der Waals surface area contributed by atoms with Crippen LogP contribution in [0.5, 0.6) is 0 Å². The van der Waals surface area contributed by atoms with Gasteiger partial charge in [-0.1, -0.05) is 103 Å². The molecule has 2 unspecified atom stereocenters. The van der Waals surface area contributed by atoms with E-state index in [4.69, 9.17) is 14.2 Å². The molecule has 0 heterocycles. The van der Waals surface area contributed by atoms with Crippen LogP contribution in [0, 0.1) is 0 Å². The van der Waals surface area contributed by atoms with Crippen molar-refractivity contribution in [2.24, 2.45) is 0 Å². The maximum absolute atomic E-state index is 12.5. The third-order valence-electron chi connectivity index (χ3n) is 7.91. The SMILES string of the molecule is CCCCCCCCC/C=C\CCCCCCCC(=O)OC(COCCC(C(=O)O)[N+](C)(C)C)COC(=O)CCCCCC. The number of rotatable bonds is 31. The highest BCUT2D eigenvalue weighted by atomic mass is 16.6. The summed E-state index contributed by atoms with van der Waals surface area (Å²) in [5.74, 6) is -1.50. The number of likely N-dealkylation sites (N-methyl/N-ethyl adjacent to an activating group) is 1. The first kappa shape index (κ1) is 42.1. The Kier molecular flexibility index (Phi) is 27.3. The molecular weight excluding hydrogens is 558 g/mol. The van der Waals surface area contributed by atoms with Gasteiger partial charge >= 0.3 is 17.9 Å². The summed E-state index contributed by atoms with van der Waals surface area (Å²) in [7, 11) is 5.50. The van der Waals surface area contributed by atoms with E-state index in [1.807, 2.05) is 21.1 Å². The molecule has 0 aromatic heterocycles. The van der Waals surface area contributed by atoms with Crippen molar-refractivity contribution in [2.45, 2.75) is 161 Å². The van der Waals surface area contributed by atoms with Crippen LogP contribution in [-0.4, -0.2) is 80.6 Å². The lowest BCUT2D eigenvalue weighted by Gasteiger charge is -2.31. The molecule has 0 rings (SSSR count). The van der Waals surface area contributed by atoms with Crippen LogP contribution in [0.25, 0.3) is 0 Å². The maximum atomic E-state index is 12.5. The van der Waals surface area contributed by atoms with Crippen LogP contribution in [0.2, 0.25) is 0 Å². The van der Waals surface area contributed by atoms with E-state index in [1.165, 1.54) is 57.8 Å². The minimum Gasteiger partial charge on any atom is -0.477 e. The van der Waals surface area contributed by atoms with Crippen LogP contribution < -0.4 is 0 Å². The van der Waals surface area contributed by atoms with Crippen LogP contribution >= 0.6 is 0 Å². The molecule has 0 saturated carbocycles. The van der Waals surface area contributed by atoms with Gasteiger partial charge in [0.2, 0.25) is 0 Å². The molecule has 0 fully saturated rings. The van der Waals surface area contributed by atoms with Gasteiger partial charge in [-0.25, -0.2) is 4.79 Å². The Bertz CT molecular complexity index is 747.